The van der Waals surface area contributed by atoms with Gasteiger partial charge in [-0.3, -0.25) is 0 Å². The molecular weight excluding hydrogens is 274 g/mol. The Hall–Kier alpha value is -1.05. The fraction of sp³-hybridized carbons (Fsp3) is 0.500. The maximum atomic E-state index is 13.0. The molecule has 1 aliphatic heterocycles. The molecule has 0 spiro atoms. The molecule has 19 heavy (non-hydrogen) atoms. The van der Waals surface area contributed by atoms with Gasteiger partial charge in [0, 0.05) is 12.6 Å². The molecule has 2 N–H and O–H groups in total. The molecule has 1 fully saturated rings. The molecule has 0 amide bonds. The highest BCUT2D eigenvalue weighted by Crippen LogP contribution is 2.10. The van der Waals surface area contributed by atoms with Gasteiger partial charge < -0.3 is 5.32 Å². The lowest BCUT2D eigenvalue weighted by Crippen LogP contribution is -2.36. The summed E-state index contributed by atoms with van der Waals surface area (Å²) in [4.78, 5) is 0. The Labute approximate surface area is 111 Å². The third-order valence-electron chi connectivity index (χ3n) is 3.06. The third-order valence-corrected chi connectivity index (χ3v) is 4.49. The van der Waals surface area contributed by atoms with E-state index in [2.05, 4.69) is 10.0 Å². The van der Waals surface area contributed by atoms with Crippen LogP contribution in [-0.2, 0) is 16.6 Å². The van der Waals surface area contributed by atoms with Crippen LogP contribution < -0.4 is 10.0 Å². The summed E-state index contributed by atoms with van der Waals surface area (Å²) < 4.78 is 51.7. The molecule has 1 aromatic carbocycles. The van der Waals surface area contributed by atoms with Crippen molar-refractivity contribution < 1.29 is 17.2 Å². The first-order valence-corrected chi connectivity index (χ1v) is 7.76. The molecule has 0 aliphatic carbocycles. The molecule has 0 radical (unpaired) electrons. The van der Waals surface area contributed by atoms with Gasteiger partial charge in [0.05, 0.1) is 5.75 Å². The van der Waals surface area contributed by atoms with Crippen molar-refractivity contribution in [2.24, 2.45) is 0 Å². The van der Waals surface area contributed by atoms with Crippen LogP contribution >= 0.6 is 0 Å². The molecule has 1 unspecified atom stereocenters. The molecule has 106 valence electrons. The van der Waals surface area contributed by atoms with E-state index in [0.717, 1.165) is 31.5 Å². The van der Waals surface area contributed by atoms with Crippen LogP contribution in [0.15, 0.2) is 18.2 Å². The minimum Gasteiger partial charge on any atom is -0.313 e. The van der Waals surface area contributed by atoms with E-state index in [9.17, 15) is 17.2 Å². The smallest absolute Gasteiger partial charge is 0.213 e. The summed E-state index contributed by atoms with van der Waals surface area (Å²) in [6, 6.07) is 3.31. The first-order valence-electron chi connectivity index (χ1n) is 6.11. The average Bonchev–Trinajstić information content (AvgIpc) is 2.83. The van der Waals surface area contributed by atoms with Crippen molar-refractivity contribution in [2.75, 3.05) is 12.3 Å². The zero-order valence-electron chi connectivity index (χ0n) is 10.3. The second-order valence-electron chi connectivity index (χ2n) is 4.64. The van der Waals surface area contributed by atoms with E-state index in [4.69, 9.17) is 0 Å². The van der Waals surface area contributed by atoms with E-state index in [0.29, 0.717) is 5.56 Å². The fourth-order valence-electron chi connectivity index (χ4n) is 2.07. The van der Waals surface area contributed by atoms with E-state index >= 15 is 0 Å². The predicted octanol–water partition coefficient (Wildman–Crippen LogP) is 1.14. The molecule has 0 aromatic heterocycles. The lowest BCUT2D eigenvalue weighted by molar-refractivity contribution is 0.506. The van der Waals surface area contributed by atoms with E-state index < -0.39 is 21.7 Å². The third kappa shape index (κ3) is 4.22. The van der Waals surface area contributed by atoms with Crippen LogP contribution in [0.5, 0.6) is 0 Å². The molecule has 1 aliphatic rings. The van der Waals surface area contributed by atoms with E-state index in [1.807, 2.05) is 0 Å². The monoisotopic (exact) mass is 290 g/mol. The van der Waals surface area contributed by atoms with Crippen LogP contribution in [0.2, 0.25) is 0 Å². The highest BCUT2D eigenvalue weighted by molar-refractivity contribution is 7.89. The molecule has 4 nitrogen and oxygen atoms in total. The van der Waals surface area contributed by atoms with Crippen LogP contribution in [0.1, 0.15) is 18.4 Å². The van der Waals surface area contributed by atoms with Crippen molar-refractivity contribution in [3.05, 3.63) is 35.4 Å². The zero-order chi connectivity index (χ0) is 13.9. The normalized spacial score (nSPS) is 19.8. The number of rotatable bonds is 5. The summed E-state index contributed by atoms with van der Waals surface area (Å²) in [5, 5.41) is 3.10. The molecule has 0 bridgehead atoms. The summed E-state index contributed by atoms with van der Waals surface area (Å²) in [6.07, 6.45) is 1.81. The van der Waals surface area contributed by atoms with E-state index in [-0.39, 0.29) is 18.3 Å². The van der Waals surface area contributed by atoms with Crippen LogP contribution in [-0.4, -0.2) is 26.8 Å². The summed E-state index contributed by atoms with van der Waals surface area (Å²) >= 11 is 0. The Morgan fingerprint density at radius 3 is 2.74 bits per heavy atom. The van der Waals surface area contributed by atoms with Gasteiger partial charge in [0.2, 0.25) is 10.0 Å². The van der Waals surface area contributed by atoms with E-state index in [1.54, 1.807) is 0 Å². The SMILES string of the molecule is O=S(=O)(CC1CCCN1)NCc1ccc(F)c(F)c1. The van der Waals surface area contributed by atoms with Gasteiger partial charge in [-0.15, -0.1) is 0 Å². The second kappa shape index (κ2) is 5.94. The van der Waals surface area contributed by atoms with Crippen LogP contribution in [0, 0.1) is 11.6 Å². The maximum absolute atomic E-state index is 13.0. The summed E-state index contributed by atoms with van der Waals surface area (Å²) in [7, 11) is -3.41. The van der Waals surface area contributed by atoms with Gasteiger partial charge in [-0.1, -0.05) is 6.07 Å². The molecular formula is C12H16F2N2O2S. The first kappa shape index (κ1) is 14.4. The summed E-state index contributed by atoms with van der Waals surface area (Å²) in [5.74, 6) is -1.91. The minimum absolute atomic E-state index is 0.0106. The largest absolute Gasteiger partial charge is 0.313 e. The van der Waals surface area contributed by atoms with Gasteiger partial charge >= 0.3 is 0 Å². The van der Waals surface area contributed by atoms with Crippen molar-refractivity contribution in [2.45, 2.75) is 25.4 Å². The Bertz CT molecular complexity index is 543. The van der Waals surface area contributed by atoms with E-state index in [1.165, 1.54) is 6.07 Å². The summed E-state index contributed by atoms with van der Waals surface area (Å²) in [5.41, 5.74) is 0.391. The molecule has 0 saturated carbocycles. The number of halogens is 2. The van der Waals surface area contributed by atoms with Crippen molar-refractivity contribution in [1.82, 2.24) is 10.0 Å². The average molecular weight is 290 g/mol. The van der Waals surface area contributed by atoms with Crippen molar-refractivity contribution in [1.29, 1.82) is 0 Å². The number of hydrogen-bond acceptors (Lipinski definition) is 3. The summed E-state index contributed by atoms with van der Waals surface area (Å²) in [6.45, 7) is 0.801. The predicted molar refractivity (Wildman–Crippen MR) is 68.0 cm³/mol. The second-order valence-corrected chi connectivity index (χ2v) is 6.50. The van der Waals surface area contributed by atoms with Crippen LogP contribution in [0.3, 0.4) is 0 Å². The molecule has 1 heterocycles. The number of benzene rings is 1. The lowest BCUT2D eigenvalue weighted by atomic mass is 10.2. The fourth-order valence-corrected chi connectivity index (χ4v) is 3.38. The van der Waals surface area contributed by atoms with Crippen LogP contribution in [0.25, 0.3) is 0 Å². The van der Waals surface area contributed by atoms with Crippen molar-refractivity contribution in [3.8, 4) is 0 Å². The topological polar surface area (TPSA) is 58.2 Å². The van der Waals surface area contributed by atoms with Gasteiger partial charge in [-0.2, -0.15) is 0 Å². The Kier molecular flexibility index (Phi) is 4.49. The number of sulfonamides is 1. The van der Waals surface area contributed by atoms with Gasteiger partial charge in [-0.05, 0) is 37.1 Å². The molecule has 7 heteroatoms. The van der Waals surface area contributed by atoms with Gasteiger partial charge in [0.25, 0.3) is 0 Å². The zero-order valence-corrected chi connectivity index (χ0v) is 11.1. The lowest BCUT2D eigenvalue weighted by Gasteiger charge is -2.12. The Balaban J connectivity index is 1.91. The van der Waals surface area contributed by atoms with Gasteiger partial charge in [0.1, 0.15) is 0 Å². The van der Waals surface area contributed by atoms with Gasteiger partial charge in [-0.25, -0.2) is 21.9 Å². The standard InChI is InChI=1S/C12H16F2N2O2S/c13-11-4-3-9(6-12(11)14)7-16-19(17,18)8-10-2-1-5-15-10/h3-4,6,10,15-16H,1-2,5,7-8H2. The molecule has 2 rings (SSSR count). The minimum atomic E-state index is -3.41. The Morgan fingerprint density at radius 2 is 2.11 bits per heavy atom. The van der Waals surface area contributed by atoms with Crippen molar-refractivity contribution >= 4 is 10.0 Å². The first-order chi connectivity index (χ1) is 8.96. The quantitative estimate of drug-likeness (QED) is 0.855. The maximum Gasteiger partial charge on any atom is 0.213 e. The van der Waals surface area contributed by atoms with Gasteiger partial charge in [0.15, 0.2) is 11.6 Å². The Morgan fingerprint density at radius 1 is 1.32 bits per heavy atom. The van der Waals surface area contributed by atoms with Crippen molar-refractivity contribution in [3.63, 3.8) is 0 Å². The molecule has 1 saturated heterocycles. The van der Waals surface area contributed by atoms with Crippen LogP contribution in [0.4, 0.5) is 8.78 Å². The number of hydrogen-bond donors (Lipinski definition) is 2. The molecule has 1 aromatic rings. The highest BCUT2D eigenvalue weighted by atomic mass is 32.2. The highest BCUT2D eigenvalue weighted by Gasteiger charge is 2.21. The molecule has 1 atom stereocenters. The number of nitrogens with one attached hydrogen (secondary N) is 2.